The molecule has 2 heterocycles. The Labute approximate surface area is 152 Å². The largest absolute Gasteiger partial charge is 0.497 e. The number of hydrogen-bond donors (Lipinski definition) is 1. The number of amides is 2. The van der Waals surface area contributed by atoms with Gasteiger partial charge in [-0.1, -0.05) is 0 Å². The van der Waals surface area contributed by atoms with E-state index in [0.29, 0.717) is 48.8 Å². The van der Waals surface area contributed by atoms with Crippen LogP contribution in [0.1, 0.15) is 27.1 Å². The predicted molar refractivity (Wildman–Crippen MR) is 96.8 cm³/mol. The van der Waals surface area contributed by atoms with E-state index in [0.717, 1.165) is 6.42 Å². The fraction of sp³-hybridized carbons (Fsp3) is 0.368. The van der Waals surface area contributed by atoms with Gasteiger partial charge >= 0.3 is 0 Å². The van der Waals surface area contributed by atoms with Crippen LogP contribution in [-0.2, 0) is 0 Å². The van der Waals surface area contributed by atoms with E-state index in [1.807, 2.05) is 0 Å². The van der Waals surface area contributed by atoms with Gasteiger partial charge in [-0.2, -0.15) is 0 Å². The van der Waals surface area contributed by atoms with Crippen LogP contribution in [0.2, 0.25) is 0 Å². The highest BCUT2D eigenvalue weighted by Gasteiger charge is 2.25. The highest BCUT2D eigenvalue weighted by Crippen LogP contribution is 2.26. The number of benzene rings is 1. The van der Waals surface area contributed by atoms with E-state index >= 15 is 0 Å². The molecular weight excluding hydrogens is 334 g/mol. The summed E-state index contributed by atoms with van der Waals surface area (Å²) < 4.78 is 10.5. The lowest BCUT2D eigenvalue weighted by Crippen LogP contribution is -2.37. The Morgan fingerprint density at radius 2 is 1.69 bits per heavy atom. The van der Waals surface area contributed by atoms with Crippen LogP contribution in [0, 0.1) is 0 Å². The molecule has 1 aliphatic heterocycles. The fourth-order valence-electron chi connectivity index (χ4n) is 3.11. The maximum absolute atomic E-state index is 12.9. The highest BCUT2D eigenvalue weighted by atomic mass is 16.5. The molecule has 0 radical (unpaired) electrons. The van der Waals surface area contributed by atoms with Crippen LogP contribution in [0.5, 0.6) is 11.5 Å². The number of ether oxygens (including phenoxy) is 2. The molecule has 26 heavy (non-hydrogen) atoms. The van der Waals surface area contributed by atoms with Crippen molar-refractivity contribution in [1.82, 2.24) is 14.8 Å². The average Bonchev–Trinajstić information content (AvgIpc) is 3.11. The average molecular weight is 357 g/mol. The third-order valence-electron chi connectivity index (χ3n) is 4.55. The Morgan fingerprint density at radius 1 is 0.962 bits per heavy atom. The van der Waals surface area contributed by atoms with Crippen molar-refractivity contribution in [3.05, 3.63) is 47.8 Å². The molecule has 7 nitrogen and oxygen atoms in total. The summed E-state index contributed by atoms with van der Waals surface area (Å²) in [5.74, 6) is 1.01. The molecule has 1 aromatic carbocycles. The molecule has 0 saturated carbocycles. The lowest BCUT2D eigenvalue weighted by Gasteiger charge is -2.23. The molecule has 2 aromatic rings. The van der Waals surface area contributed by atoms with Crippen molar-refractivity contribution < 1.29 is 19.1 Å². The Morgan fingerprint density at radius 3 is 2.31 bits per heavy atom. The third kappa shape index (κ3) is 3.66. The first-order valence-electron chi connectivity index (χ1n) is 8.57. The van der Waals surface area contributed by atoms with Crippen LogP contribution in [0.15, 0.2) is 36.7 Å². The van der Waals surface area contributed by atoms with E-state index in [9.17, 15) is 9.59 Å². The second-order valence-electron chi connectivity index (χ2n) is 6.10. The van der Waals surface area contributed by atoms with Crippen LogP contribution in [0.4, 0.5) is 0 Å². The summed E-state index contributed by atoms with van der Waals surface area (Å²) in [5.41, 5.74) is 1.14. The second kappa shape index (κ2) is 7.95. The molecule has 1 saturated heterocycles. The summed E-state index contributed by atoms with van der Waals surface area (Å²) in [6.07, 6.45) is 4.16. The zero-order valence-corrected chi connectivity index (χ0v) is 15.0. The molecule has 2 amide bonds. The molecule has 3 rings (SSSR count). The Kier molecular flexibility index (Phi) is 5.46. The lowest BCUT2D eigenvalue weighted by molar-refractivity contribution is 0.0717. The number of hydrogen-bond acceptors (Lipinski definition) is 4. The molecule has 1 aliphatic rings. The van der Waals surface area contributed by atoms with Crippen LogP contribution in [0.25, 0.3) is 0 Å². The molecular formula is C19H23N3O4. The summed E-state index contributed by atoms with van der Waals surface area (Å²) in [5, 5.41) is 0. The molecule has 0 bridgehead atoms. The third-order valence-corrected chi connectivity index (χ3v) is 4.55. The molecule has 7 heteroatoms. The van der Waals surface area contributed by atoms with Gasteiger partial charge in [0, 0.05) is 44.6 Å². The van der Waals surface area contributed by atoms with Crippen molar-refractivity contribution >= 4 is 11.8 Å². The first-order chi connectivity index (χ1) is 12.6. The molecule has 1 aromatic heterocycles. The highest BCUT2D eigenvalue weighted by molar-refractivity contribution is 5.97. The topological polar surface area (TPSA) is 74.9 Å². The quantitative estimate of drug-likeness (QED) is 0.908. The number of nitrogens with one attached hydrogen (secondary N) is 1. The first kappa shape index (κ1) is 17.8. The van der Waals surface area contributed by atoms with Crippen molar-refractivity contribution in [1.29, 1.82) is 0 Å². The number of rotatable bonds is 4. The number of aromatic amines is 1. The number of methoxy groups -OCH3 is 2. The number of H-pyrrole nitrogens is 1. The summed E-state index contributed by atoms with van der Waals surface area (Å²) >= 11 is 0. The summed E-state index contributed by atoms with van der Waals surface area (Å²) in [6.45, 7) is 2.23. The molecule has 0 aliphatic carbocycles. The Bertz CT molecular complexity index is 773. The number of nitrogens with zero attached hydrogens (tertiary/aromatic N) is 2. The van der Waals surface area contributed by atoms with Gasteiger partial charge < -0.3 is 24.3 Å². The van der Waals surface area contributed by atoms with E-state index in [1.54, 1.807) is 53.6 Å². The minimum Gasteiger partial charge on any atom is -0.497 e. The number of carbonyl (C=O) groups is 2. The molecule has 1 fully saturated rings. The predicted octanol–water partition coefficient (Wildman–Crippen LogP) is 2.02. The van der Waals surface area contributed by atoms with Gasteiger partial charge in [-0.05, 0) is 24.6 Å². The molecule has 0 unspecified atom stereocenters. The summed E-state index contributed by atoms with van der Waals surface area (Å²) in [7, 11) is 3.10. The van der Waals surface area contributed by atoms with Crippen molar-refractivity contribution in [2.75, 3.05) is 40.4 Å². The monoisotopic (exact) mass is 357 g/mol. The molecule has 0 spiro atoms. The van der Waals surface area contributed by atoms with E-state index < -0.39 is 0 Å². The zero-order chi connectivity index (χ0) is 18.5. The van der Waals surface area contributed by atoms with Crippen LogP contribution >= 0.6 is 0 Å². The maximum Gasteiger partial charge on any atom is 0.257 e. The van der Waals surface area contributed by atoms with Gasteiger partial charge in [-0.15, -0.1) is 0 Å². The molecule has 138 valence electrons. The summed E-state index contributed by atoms with van der Waals surface area (Å²) in [4.78, 5) is 31.9. The van der Waals surface area contributed by atoms with Crippen molar-refractivity contribution in [3.63, 3.8) is 0 Å². The normalized spacial score (nSPS) is 14.7. The van der Waals surface area contributed by atoms with E-state index in [-0.39, 0.29) is 11.8 Å². The van der Waals surface area contributed by atoms with Crippen LogP contribution < -0.4 is 9.47 Å². The Balaban J connectivity index is 1.71. The van der Waals surface area contributed by atoms with Gasteiger partial charge in [-0.25, -0.2) is 0 Å². The van der Waals surface area contributed by atoms with Crippen LogP contribution in [-0.4, -0.2) is 67.0 Å². The maximum atomic E-state index is 12.9. The van der Waals surface area contributed by atoms with Gasteiger partial charge in [-0.3, -0.25) is 9.59 Å². The van der Waals surface area contributed by atoms with E-state index in [4.69, 9.17) is 9.47 Å². The zero-order valence-electron chi connectivity index (χ0n) is 15.0. The first-order valence-corrected chi connectivity index (χ1v) is 8.57. The van der Waals surface area contributed by atoms with Crippen molar-refractivity contribution in [2.45, 2.75) is 6.42 Å². The minimum absolute atomic E-state index is 0.0115. The van der Waals surface area contributed by atoms with Crippen molar-refractivity contribution in [2.24, 2.45) is 0 Å². The number of aromatic nitrogens is 1. The van der Waals surface area contributed by atoms with Gasteiger partial charge in [0.25, 0.3) is 11.8 Å². The van der Waals surface area contributed by atoms with E-state index in [2.05, 4.69) is 4.98 Å². The van der Waals surface area contributed by atoms with Crippen molar-refractivity contribution in [3.8, 4) is 11.5 Å². The minimum atomic E-state index is -0.0968. The SMILES string of the molecule is COc1ccc(C(=O)N2CCCN(C(=O)c3cc[nH]c3)CC2)c(OC)c1. The van der Waals surface area contributed by atoms with Gasteiger partial charge in [0.2, 0.25) is 0 Å². The van der Waals surface area contributed by atoms with Crippen LogP contribution in [0.3, 0.4) is 0 Å². The van der Waals surface area contributed by atoms with E-state index in [1.165, 1.54) is 7.11 Å². The second-order valence-corrected chi connectivity index (χ2v) is 6.10. The van der Waals surface area contributed by atoms with Gasteiger partial charge in [0.1, 0.15) is 11.5 Å². The molecule has 0 atom stereocenters. The smallest absolute Gasteiger partial charge is 0.257 e. The molecule has 1 N–H and O–H groups in total. The summed E-state index contributed by atoms with van der Waals surface area (Å²) in [6, 6.07) is 6.92. The van der Waals surface area contributed by atoms with Gasteiger partial charge in [0.15, 0.2) is 0 Å². The lowest BCUT2D eigenvalue weighted by atomic mass is 10.1. The number of carbonyl (C=O) groups excluding carboxylic acids is 2. The standard InChI is InChI=1S/C19H23N3O4/c1-25-15-4-5-16(17(12-15)26-2)19(24)22-9-3-8-21(10-11-22)18(23)14-6-7-20-13-14/h4-7,12-13,20H,3,8-11H2,1-2H3. The fourth-order valence-corrected chi connectivity index (χ4v) is 3.11. The van der Waals surface area contributed by atoms with Gasteiger partial charge in [0.05, 0.1) is 25.3 Å². The Hall–Kier alpha value is -2.96.